The van der Waals surface area contributed by atoms with Gasteiger partial charge in [0.15, 0.2) is 0 Å². The largest absolute Gasteiger partial charge is 0.369 e. The monoisotopic (exact) mass is 144 g/mol. The van der Waals surface area contributed by atoms with Crippen molar-refractivity contribution in [1.29, 1.82) is 0 Å². The minimum atomic E-state index is 0.219. The molecular weight excluding hydrogens is 128 g/mol. The van der Waals surface area contributed by atoms with Gasteiger partial charge >= 0.3 is 0 Å². The Morgan fingerprint density at radius 2 is 1.90 bits per heavy atom. The first-order valence-electron chi connectivity index (χ1n) is 3.37. The van der Waals surface area contributed by atoms with E-state index < -0.39 is 0 Å². The van der Waals surface area contributed by atoms with E-state index in [9.17, 15) is 0 Å². The normalized spacial score (nSPS) is 15.5. The second-order valence-electron chi connectivity index (χ2n) is 2.64. The van der Waals surface area contributed by atoms with E-state index in [1.807, 2.05) is 6.92 Å². The topological polar surface area (TPSA) is 76.4 Å². The molecule has 4 heteroatoms. The van der Waals surface area contributed by atoms with Crippen molar-refractivity contribution in [3.8, 4) is 0 Å². The summed E-state index contributed by atoms with van der Waals surface area (Å²) in [6.07, 6.45) is 0. The lowest BCUT2D eigenvalue weighted by molar-refractivity contribution is 0.529. The summed E-state index contributed by atoms with van der Waals surface area (Å²) in [5, 5.41) is 0. The van der Waals surface area contributed by atoms with Gasteiger partial charge in [0.05, 0.1) is 6.04 Å². The third-order valence-corrected chi connectivity index (χ3v) is 1.46. The van der Waals surface area contributed by atoms with Crippen LogP contribution in [0.1, 0.15) is 20.8 Å². The summed E-state index contributed by atoms with van der Waals surface area (Å²) in [7, 11) is 0. The Morgan fingerprint density at radius 1 is 1.40 bits per heavy atom. The zero-order valence-electron chi connectivity index (χ0n) is 6.76. The lowest BCUT2D eigenvalue weighted by Crippen LogP contribution is -2.38. The fourth-order valence-electron chi connectivity index (χ4n) is 0.406. The maximum atomic E-state index is 5.33. The van der Waals surface area contributed by atoms with E-state index in [1.165, 1.54) is 0 Å². The average molecular weight is 144 g/mol. The molecule has 5 N–H and O–H groups in total. The van der Waals surface area contributed by atoms with Gasteiger partial charge in [-0.25, -0.2) is 10.8 Å². The lowest BCUT2D eigenvalue weighted by atomic mass is 10.1. The molecule has 1 atom stereocenters. The molecule has 4 nitrogen and oxygen atoms in total. The molecule has 0 aromatic carbocycles. The summed E-state index contributed by atoms with van der Waals surface area (Å²) >= 11 is 0. The predicted molar refractivity (Wildman–Crippen MR) is 43.2 cm³/mol. The fourth-order valence-corrected chi connectivity index (χ4v) is 0.406. The molecule has 1 unspecified atom stereocenters. The molecule has 0 rings (SSSR count). The van der Waals surface area contributed by atoms with Crippen LogP contribution in [0.15, 0.2) is 4.99 Å². The first-order chi connectivity index (χ1) is 4.57. The molecule has 0 aromatic rings. The van der Waals surface area contributed by atoms with E-state index in [-0.39, 0.29) is 6.04 Å². The van der Waals surface area contributed by atoms with E-state index >= 15 is 0 Å². The second-order valence-corrected chi connectivity index (χ2v) is 2.64. The molecule has 0 bridgehead atoms. The van der Waals surface area contributed by atoms with E-state index in [0.29, 0.717) is 11.9 Å². The Labute approximate surface area is 61.7 Å². The second kappa shape index (κ2) is 4.11. The van der Waals surface area contributed by atoms with Crippen LogP contribution in [0.25, 0.3) is 0 Å². The Hall–Kier alpha value is -0.770. The van der Waals surface area contributed by atoms with Crippen LogP contribution >= 0.6 is 0 Å². The SMILES string of the molecule is CC(C)C(C)N=C(N)NN. The van der Waals surface area contributed by atoms with Crippen molar-refractivity contribution in [1.82, 2.24) is 5.43 Å². The predicted octanol–water partition coefficient (Wildman–Crippen LogP) is -0.191. The van der Waals surface area contributed by atoms with E-state index in [1.54, 1.807) is 0 Å². The van der Waals surface area contributed by atoms with Crippen LogP contribution in [0.5, 0.6) is 0 Å². The maximum absolute atomic E-state index is 5.33. The van der Waals surface area contributed by atoms with Gasteiger partial charge in [-0.15, -0.1) is 0 Å². The van der Waals surface area contributed by atoms with E-state index in [2.05, 4.69) is 24.3 Å². The highest BCUT2D eigenvalue weighted by Gasteiger charge is 2.03. The summed E-state index contributed by atoms with van der Waals surface area (Å²) in [5.74, 6) is 5.80. The third-order valence-electron chi connectivity index (χ3n) is 1.46. The van der Waals surface area contributed by atoms with Crippen LogP contribution in [0.2, 0.25) is 0 Å². The molecule has 10 heavy (non-hydrogen) atoms. The molecule has 0 aliphatic rings. The highest BCUT2D eigenvalue weighted by atomic mass is 15.3. The zero-order valence-corrected chi connectivity index (χ0v) is 6.76. The summed E-state index contributed by atoms with van der Waals surface area (Å²) in [4.78, 5) is 4.05. The number of nitrogens with two attached hydrogens (primary N) is 2. The molecule has 0 amide bonds. The standard InChI is InChI=1S/C6H16N4/c1-4(2)5(3)9-6(7)10-8/h4-5H,8H2,1-3H3,(H3,7,9,10). The van der Waals surface area contributed by atoms with Gasteiger partial charge in [-0.2, -0.15) is 0 Å². The number of hydrogen-bond acceptors (Lipinski definition) is 2. The Kier molecular flexibility index (Phi) is 3.79. The minimum Gasteiger partial charge on any atom is -0.369 e. The van der Waals surface area contributed by atoms with Crippen molar-refractivity contribution in [3.63, 3.8) is 0 Å². The van der Waals surface area contributed by atoms with Crippen LogP contribution in [0.3, 0.4) is 0 Å². The van der Waals surface area contributed by atoms with Crippen molar-refractivity contribution in [2.75, 3.05) is 0 Å². The number of hydrazine groups is 1. The van der Waals surface area contributed by atoms with Crippen molar-refractivity contribution >= 4 is 5.96 Å². The first-order valence-corrected chi connectivity index (χ1v) is 3.37. The summed E-state index contributed by atoms with van der Waals surface area (Å²) in [6.45, 7) is 6.16. The molecule has 0 radical (unpaired) electrons. The van der Waals surface area contributed by atoms with Gasteiger partial charge in [0, 0.05) is 0 Å². The fraction of sp³-hybridized carbons (Fsp3) is 0.833. The smallest absolute Gasteiger partial charge is 0.203 e. The minimum absolute atomic E-state index is 0.219. The van der Waals surface area contributed by atoms with Gasteiger partial charge in [0.2, 0.25) is 5.96 Å². The molecule has 0 saturated carbocycles. The van der Waals surface area contributed by atoms with Gasteiger partial charge in [-0.3, -0.25) is 5.43 Å². The number of guanidine groups is 1. The number of nitrogens with zero attached hydrogens (tertiary/aromatic N) is 1. The molecule has 0 aliphatic heterocycles. The zero-order chi connectivity index (χ0) is 8.15. The van der Waals surface area contributed by atoms with Crippen molar-refractivity contribution in [3.05, 3.63) is 0 Å². The molecule has 0 heterocycles. The van der Waals surface area contributed by atoms with Gasteiger partial charge < -0.3 is 5.73 Å². The Balaban J connectivity index is 3.86. The van der Waals surface area contributed by atoms with Gasteiger partial charge in [-0.05, 0) is 12.8 Å². The van der Waals surface area contributed by atoms with Crippen LogP contribution in [0.4, 0.5) is 0 Å². The number of nitrogens with one attached hydrogen (secondary N) is 1. The van der Waals surface area contributed by atoms with Crippen LogP contribution in [0, 0.1) is 5.92 Å². The van der Waals surface area contributed by atoms with E-state index in [0.717, 1.165) is 0 Å². The maximum Gasteiger partial charge on any atom is 0.203 e. The summed E-state index contributed by atoms with van der Waals surface area (Å²) < 4.78 is 0. The number of rotatable bonds is 2. The molecule has 60 valence electrons. The Morgan fingerprint density at radius 3 is 2.20 bits per heavy atom. The highest BCUT2D eigenvalue weighted by Crippen LogP contribution is 2.03. The quantitative estimate of drug-likeness (QED) is 0.217. The molecule has 0 spiro atoms. The van der Waals surface area contributed by atoms with Gasteiger partial charge in [-0.1, -0.05) is 13.8 Å². The van der Waals surface area contributed by atoms with Crippen LogP contribution in [-0.2, 0) is 0 Å². The van der Waals surface area contributed by atoms with Crippen LogP contribution in [-0.4, -0.2) is 12.0 Å². The van der Waals surface area contributed by atoms with Crippen LogP contribution < -0.4 is 17.0 Å². The van der Waals surface area contributed by atoms with Crippen molar-refractivity contribution in [2.45, 2.75) is 26.8 Å². The van der Waals surface area contributed by atoms with Gasteiger partial charge in [0.1, 0.15) is 0 Å². The van der Waals surface area contributed by atoms with Crippen molar-refractivity contribution < 1.29 is 0 Å². The molecule has 0 aromatic heterocycles. The van der Waals surface area contributed by atoms with Crippen molar-refractivity contribution in [2.24, 2.45) is 22.5 Å². The Bertz CT molecular complexity index is 119. The lowest BCUT2D eigenvalue weighted by Gasteiger charge is -2.10. The molecule has 0 saturated heterocycles. The first kappa shape index (κ1) is 9.23. The summed E-state index contributed by atoms with van der Waals surface area (Å²) in [6, 6.07) is 0.219. The molecule has 0 fully saturated rings. The van der Waals surface area contributed by atoms with Gasteiger partial charge in [0.25, 0.3) is 0 Å². The molecular formula is C6H16N4. The highest BCUT2D eigenvalue weighted by molar-refractivity contribution is 5.77. The summed E-state index contributed by atoms with van der Waals surface area (Å²) in [5.41, 5.74) is 7.60. The molecule has 0 aliphatic carbocycles. The third kappa shape index (κ3) is 3.29. The van der Waals surface area contributed by atoms with E-state index in [4.69, 9.17) is 11.6 Å². The average Bonchev–Trinajstić information content (AvgIpc) is 1.87. The number of hydrogen-bond donors (Lipinski definition) is 3. The number of aliphatic imine (C=N–C) groups is 1.